The van der Waals surface area contributed by atoms with Crippen molar-refractivity contribution < 1.29 is 9.94 Å². The van der Waals surface area contributed by atoms with Gasteiger partial charge in [0.15, 0.2) is 0 Å². The van der Waals surface area contributed by atoms with Gasteiger partial charge in [-0.3, -0.25) is 10.2 Å². The number of methoxy groups -OCH3 is 1. The van der Waals surface area contributed by atoms with Gasteiger partial charge in [0.2, 0.25) is 0 Å². The number of hydroxylamine groups is 2. The summed E-state index contributed by atoms with van der Waals surface area (Å²) in [6.07, 6.45) is 0. The van der Waals surface area contributed by atoms with Crippen molar-refractivity contribution in [2.24, 2.45) is 9.98 Å². The Labute approximate surface area is 128 Å². The highest BCUT2D eigenvalue weighted by Crippen LogP contribution is 2.19. The molecule has 1 aliphatic rings. The van der Waals surface area contributed by atoms with Gasteiger partial charge in [-0.2, -0.15) is 0 Å². The highest BCUT2D eigenvalue weighted by molar-refractivity contribution is 5.87. The van der Waals surface area contributed by atoms with Crippen LogP contribution in [0, 0.1) is 0 Å². The van der Waals surface area contributed by atoms with Crippen LogP contribution in [0.4, 0.5) is 0 Å². The molecule has 0 spiro atoms. The molecule has 0 atom stereocenters. The maximum Gasteiger partial charge on any atom is 0.145 e. The zero-order chi connectivity index (χ0) is 15.5. The van der Waals surface area contributed by atoms with Crippen molar-refractivity contribution in [2.45, 2.75) is 0 Å². The maximum absolute atomic E-state index is 10.5. The molecule has 0 unspecified atom stereocenters. The van der Waals surface area contributed by atoms with Crippen LogP contribution in [0.15, 0.2) is 58.5 Å². The Balaban J connectivity index is 2.29. The minimum Gasteiger partial charge on any atom is -0.497 e. The summed E-state index contributed by atoms with van der Waals surface area (Å²) in [5.41, 5.74) is 1.60. The lowest BCUT2D eigenvalue weighted by molar-refractivity contribution is -0.0119. The number of nitrogens with zero attached hydrogens (tertiary/aromatic N) is 3. The Morgan fingerprint density at radius 2 is 1.86 bits per heavy atom. The third-order valence-electron chi connectivity index (χ3n) is 3.58. The SMILES string of the molecule is CN=C1CN(O)C(c2ccc(OC)cc2)=c2ccccc2=N1. The molecular formula is C17H17N3O2. The lowest BCUT2D eigenvalue weighted by Crippen LogP contribution is -2.31. The van der Waals surface area contributed by atoms with E-state index in [-0.39, 0.29) is 6.54 Å². The number of rotatable bonds is 2. The molecule has 5 heteroatoms. The number of para-hydroxylation sites is 1. The van der Waals surface area contributed by atoms with Gasteiger partial charge in [-0.25, -0.2) is 10.1 Å². The highest BCUT2D eigenvalue weighted by Gasteiger charge is 2.16. The van der Waals surface area contributed by atoms with Gasteiger partial charge < -0.3 is 4.74 Å². The van der Waals surface area contributed by atoms with Gasteiger partial charge >= 0.3 is 0 Å². The number of aliphatic imine (C=N–C) groups is 1. The Kier molecular flexibility index (Phi) is 3.89. The summed E-state index contributed by atoms with van der Waals surface area (Å²) in [5, 5.41) is 13.4. The van der Waals surface area contributed by atoms with Gasteiger partial charge in [0.05, 0.1) is 18.2 Å². The molecule has 2 aromatic rings. The average molecular weight is 295 g/mol. The Bertz CT molecular complexity index is 826. The smallest absolute Gasteiger partial charge is 0.145 e. The first-order valence-corrected chi connectivity index (χ1v) is 6.97. The van der Waals surface area contributed by atoms with Crippen LogP contribution in [0.3, 0.4) is 0 Å². The van der Waals surface area contributed by atoms with Crippen LogP contribution in [0.5, 0.6) is 5.75 Å². The summed E-state index contributed by atoms with van der Waals surface area (Å²) in [6.45, 7) is 0.243. The third kappa shape index (κ3) is 2.58. The Morgan fingerprint density at radius 3 is 2.55 bits per heavy atom. The van der Waals surface area contributed by atoms with E-state index in [4.69, 9.17) is 4.74 Å². The minimum atomic E-state index is 0.243. The lowest BCUT2D eigenvalue weighted by Gasteiger charge is -2.19. The number of hydrogen-bond donors (Lipinski definition) is 1. The maximum atomic E-state index is 10.5. The van der Waals surface area contributed by atoms with Crippen molar-refractivity contribution in [3.8, 4) is 5.75 Å². The van der Waals surface area contributed by atoms with Crippen LogP contribution < -0.4 is 15.3 Å². The minimum absolute atomic E-state index is 0.243. The number of amidine groups is 1. The quantitative estimate of drug-likeness (QED) is 0.906. The van der Waals surface area contributed by atoms with Gasteiger partial charge in [-0.15, -0.1) is 0 Å². The van der Waals surface area contributed by atoms with Crippen LogP contribution in [0.1, 0.15) is 5.56 Å². The topological polar surface area (TPSA) is 57.4 Å². The van der Waals surface area contributed by atoms with Crippen molar-refractivity contribution in [1.82, 2.24) is 5.06 Å². The number of benzene rings is 2. The fourth-order valence-corrected chi connectivity index (χ4v) is 2.47. The van der Waals surface area contributed by atoms with Crippen LogP contribution in [0.2, 0.25) is 0 Å². The Hall–Kier alpha value is -2.66. The number of ether oxygens (including phenoxy) is 1. The van der Waals surface area contributed by atoms with Crippen molar-refractivity contribution >= 4 is 11.5 Å². The largest absolute Gasteiger partial charge is 0.497 e. The monoisotopic (exact) mass is 295 g/mol. The van der Waals surface area contributed by atoms with Gasteiger partial charge in [-0.1, -0.05) is 18.2 Å². The molecular weight excluding hydrogens is 278 g/mol. The van der Waals surface area contributed by atoms with Crippen molar-refractivity contribution in [3.63, 3.8) is 0 Å². The molecule has 22 heavy (non-hydrogen) atoms. The van der Waals surface area contributed by atoms with Gasteiger partial charge in [-0.05, 0) is 30.3 Å². The van der Waals surface area contributed by atoms with E-state index in [0.29, 0.717) is 11.5 Å². The molecule has 1 N–H and O–H groups in total. The molecule has 0 fully saturated rings. The van der Waals surface area contributed by atoms with E-state index in [0.717, 1.165) is 21.9 Å². The van der Waals surface area contributed by atoms with Gasteiger partial charge in [0, 0.05) is 17.8 Å². The second-order valence-electron chi connectivity index (χ2n) is 4.90. The zero-order valence-electron chi connectivity index (χ0n) is 12.5. The average Bonchev–Trinajstić information content (AvgIpc) is 2.70. The molecule has 5 nitrogen and oxygen atoms in total. The van der Waals surface area contributed by atoms with Crippen LogP contribution in [0.25, 0.3) is 5.70 Å². The summed E-state index contributed by atoms with van der Waals surface area (Å²) < 4.78 is 5.19. The molecule has 3 rings (SSSR count). The summed E-state index contributed by atoms with van der Waals surface area (Å²) in [7, 11) is 3.30. The molecule has 2 aromatic carbocycles. The number of hydrogen-bond acceptors (Lipinski definition) is 4. The standard InChI is InChI=1S/C17H17N3O2/c1-18-16-11-20(21)17(12-7-9-13(22-2)10-8-12)14-5-3-4-6-15(14)19-16/h3-10,21H,11H2,1-2H3. The molecule has 112 valence electrons. The summed E-state index contributed by atoms with van der Waals surface area (Å²) in [5.74, 6) is 1.36. The second-order valence-corrected chi connectivity index (χ2v) is 4.90. The predicted octanol–water partition coefficient (Wildman–Crippen LogP) is 1.20. The first-order valence-electron chi connectivity index (χ1n) is 6.97. The zero-order valence-corrected chi connectivity index (χ0v) is 12.5. The van der Waals surface area contributed by atoms with Crippen LogP contribution in [-0.2, 0) is 0 Å². The van der Waals surface area contributed by atoms with E-state index in [2.05, 4.69) is 9.98 Å². The summed E-state index contributed by atoms with van der Waals surface area (Å²) in [6, 6.07) is 15.3. The molecule has 0 amide bonds. The van der Waals surface area contributed by atoms with E-state index in [9.17, 15) is 5.21 Å². The highest BCUT2D eigenvalue weighted by atomic mass is 16.5. The van der Waals surface area contributed by atoms with E-state index in [1.165, 1.54) is 5.06 Å². The first kappa shape index (κ1) is 14.3. The van der Waals surface area contributed by atoms with Gasteiger partial charge in [0.25, 0.3) is 0 Å². The Morgan fingerprint density at radius 1 is 1.14 bits per heavy atom. The van der Waals surface area contributed by atoms with E-state index < -0.39 is 0 Å². The van der Waals surface area contributed by atoms with E-state index in [1.807, 2.05) is 48.5 Å². The van der Waals surface area contributed by atoms with Crippen LogP contribution in [-0.4, -0.2) is 36.8 Å². The normalized spacial score (nSPS) is 16.0. The molecule has 1 aliphatic heterocycles. The second kappa shape index (κ2) is 5.99. The first-order chi connectivity index (χ1) is 10.7. The van der Waals surface area contributed by atoms with E-state index in [1.54, 1.807) is 14.2 Å². The molecule has 0 bridgehead atoms. The fourth-order valence-electron chi connectivity index (χ4n) is 2.47. The molecule has 0 saturated heterocycles. The van der Waals surface area contributed by atoms with Gasteiger partial charge in [0.1, 0.15) is 18.1 Å². The fraction of sp³-hybridized carbons (Fsp3) is 0.176. The third-order valence-corrected chi connectivity index (χ3v) is 3.58. The molecule has 1 heterocycles. The summed E-state index contributed by atoms with van der Waals surface area (Å²) in [4.78, 5) is 8.65. The van der Waals surface area contributed by atoms with Crippen molar-refractivity contribution in [2.75, 3.05) is 20.7 Å². The van der Waals surface area contributed by atoms with Crippen molar-refractivity contribution in [1.29, 1.82) is 0 Å². The lowest BCUT2D eigenvalue weighted by atomic mass is 10.1. The summed E-state index contributed by atoms with van der Waals surface area (Å²) >= 11 is 0. The predicted molar refractivity (Wildman–Crippen MR) is 84.6 cm³/mol. The molecule has 0 radical (unpaired) electrons. The van der Waals surface area contributed by atoms with Crippen LogP contribution >= 0.6 is 0 Å². The molecule has 0 aliphatic carbocycles. The number of fused-ring (bicyclic) bond motifs is 1. The van der Waals surface area contributed by atoms with Crippen molar-refractivity contribution in [3.05, 3.63) is 64.7 Å². The van der Waals surface area contributed by atoms with E-state index >= 15 is 0 Å². The molecule has 0 aromatic heterocycles. The molecule has 0 saturated carbocycles.